The number of rotatable bonds is 5. The normalized spacial score (nSPS) is 24.4. The van der Waals surface area contributed by atoms with Crippen LogP contribution in [0.15, 0.2) is 12.4 Å². The van der Waals surface area contributed by atoms with Gasteiger partial charge in [-0.05, 0) is 19.8 Å². The second-order valence-electron chi connectivity index (χ2n) is 5.28. The molecule has 1 unspecified atom stereocenters. The average molecular weight is 250 g/mol. The fraction of sp³-hybridized carbons (Fsp3) is 0.692. The molecule has 0 bridgehead atoms. The monoisotopic (exact) mass is 250 g/mol. The predicted molar refractivity (Wildman–Crippen MR) is 71.3 cm³/mol. The summed E-state index contributed by atoms with van der Waals surface area (Å²) >= 11 is 0. The van der Waals surface area contributed by atoms with Crippen LogP contribution in [0.4, 0.5) is 5.82 Å². The second kappa shape index (κ2) is 5.63. The fourth-order valence-corrected chi connectivity index (χ4v) is 2.18. The minimum atomic E-state index is -0.546. The molecule has 2 rings (SSSR count). The van der Waals surface area contributed by atoms with E-state index >= 15 is 0 Å². The van der Waals surface area contributed by atoms with Crippen molar-refractivity contribution in [3.05, 3.63) is 18.1 Å². The number of aliphatic hydroxyl groups is 1. The van der Waals surface area contributed by atoms with Crippen LogP contribution in [-0.2, 0) is 6.54 Å². The van der Waals surface area contributed by atoms with Crippen molar-refractivity contribution < 1.29 is 5.11 Å². The van der Waals surface area contributed by atoms with Gasteiger partial charge in [-0.15, -0.1) is 0 Å². The first-order valence-corrected chi connectivity index (χ1v) is 6.58. The van der Waals surface area contributed by atoms with Crippen molar-refractivity contribution in [2.75, 3.05) is 25.0 Å². The maximum Gasteiger partial charge on any atom is 0.144 e. The number of likely N-dealkylation sites (tertiary alicyclic amines) is 1. The number of nitrogens with one attached hydrogen (secondary N) is 1. The Hall–Kier alpha value is -1.20. The summed E-state index contributed by atoms with van der Waals surface area (Å²) in [6.07, 6.45) is 5.49. The van der Waals surface area contributed by atoms with Gasteiger partial charge in [-0.25, -0.2) is 4.98 Å². The Morgan fingerprint density at radius 2 is 2.28 bits per heavy atom. The molecule has 1 aliphatic rings. The summed E-state index contributed by atoms with van der Waals surface area (Å²) in [5, 5.41) is 13.1. The molecule has 1 aromatic rings. The van der Waals surface area contributed by atoms with E-state index in [9.17, 15) is 5.11 Å². The zero-order valence-electron chi connectivity index (χ0n) is 11.2. The van der Waals surface area contributed by atoms with Crippen LogP contribution < -0.4 is 5.32 Å². The van der Waals surface area contributed by atoms with Gasteiger partial charge in [-0.2, -0.15) is 0 Å². The van der Waals surface area contributed by atoms with Crippen molar-refractivity contribution in [2.24, 2.45) is 0 Å². The van der Waals surface area contributed by atoms with Crippen LogP contribution in [0.2, 0.25) is 0 Å². The number of nitrogens with zero attached hydrogens (tertiary/aromatic N) is 3. The molecular formula is C13H22N4O. The van der Waals surface area contributed by atoms with Gasteiger partial charge in [0.05, 0.1) is 23.7 Å². The minimum Gasteiger partial charge on any atom is -0.389 e. The molecule has 5 heteroatoms. The van der Waals surface area contributed by atoms with Crippen LogP contribution in [-0.4, -0.2) is 45.2 Å². The van der Waals surface area contributed by atoms with Gasteiger partial charge in [-0.1, -0.05) is 6.92 Å². The first-order valence-electron chi connectivity index (χ1n) is 6.58. The van der Waals surface area contributed by atoms with Crippen LogP contribution in [0.1, 0.15) is 32.4 Å². The van der Waals surface area contributed by atoms with Gasteiger partial charge in [0, 0.05) is 26.2 Å². The lowest BCUT2D eigenvalue weighted by molar-refractivity contribution is 0.0677. The molecule has 0 aliphatic carbocycles. The number of anilines is 1. The number of aromatic nitrogens is 2. The molecule has 18 heavy (non-hydrogen) atoms. The van der Waals surface area contributed by atoms with Crippen molar-refractivity contribution in [1.82, 2.24) is 14.9 Å². The van der Waals surface area contributed by atoms with Crippen LogP contribution in [0.25, 0.3) is 0 Å². The van der Waals surface area contributed by atoms with Crippen LogP contribution in [0.3, 0.4) is 0 Å². The van der Waals surface area contributed by atoms with E-state index in [4.69, 9.17) is 0 Å². The summed E-state index contributed by atoms with van der Waals surface area (Å²) in [6, 6.07) is 0. The molecule has 1 saturated heterocycles. The van der Waals surface area contributed by atoms with E-state index in [1.54, 1.807) is 6.20 Å². The second-order valence-corrected chi connectivity index (χ2v) is 5.28. The number of hydrogen-bond acceptors (Lipinski definition) is 5. The number of β-amino-alcohol motifs (C(OH)–C–C–N with tert-alkyl or cyclic N) is 1. The maximum atomic E-state index is 9.90. The third-order valence-corrected chi connectivity index (χ3v) is 3.18. The van der Waals surface area contributed by atoms with E-state index < -0.39 is 5.60 Å². The summed E-state index contributed by atoms with van der Waals surface area (Å²) in [6.45, 7) is 7.32. The Morgan fingerprint density at radius 3 is 2.83 bits per heavy atom. The third-order valence-electron chi connectivity index (χ3n) is 3.18. The van der Waals surface area contributed by atoms with Crippen LogP contribution in [0, 0.1) is 0 Å². The SMILES string of the molecule is CCCNc1cnc(CN2CCC(C)(O)C2)cn1. The Kier molecular flexibility index (Phi) is 4.14. The van der Waals surface area contributed by atoms with Crippen molar-refractivity contribution in [3.63, 3.8) is 0 Å². The predicted octanol–water partition coefficient (Wildman–Crippen LogP) is 1.26. The maximum absolute atomic E-state index is 9.90. The van der Waals surface area contributed by atoms with Gasteiger partial charge in [0.15, 0.2) is 0 Å². The zero-order chi connectivity index (χ0) is 13.0. The van der Waals surface area contributed by atoms with Crippen molar-refractivity contribution in [1.29, 1.82) is 0 Å². The fourth-order valence-electron chi connectivity index (χ4n) is 2.18. The Bertz CT molecular complexity index is 377. The highest BCUT2D eigenvalue weighted by Crippen LogP contribution is 2.21. The Balaban J connectivity index is 1.87. The summed E-state index contributed by atoms with van der Waals surface area (Å²) in [5.74, 6) is 0.828. The first kappa shape index (κ1) is 13.2. The lowest BCUT2D eigenvalue weighted by atomic mass is 10.1. The third kappa shape index (κ3) is 3.65. The summed E-state index contributed by atoms with van der Waals surface area (Å²) in [5.41, 5.74) is 0.408. The molecule has 5 nitrogen and oxygen atoms in total. The highest BCUT2D eigenvalue weighted by Gasteiger charge is 2.31. The molecule has 0 amide bonds. The molecule has 2 heterocycles. The van der Waals surface area contributed by atoms with Crippen molar-refractivity contribution >= 4 is 5.82 Å². The van der Waals surface area contributed by atoms with Gasteiger partial charge in [0.2, 0.25) is 0 Å². The van der Waals surface area contributed by atoms with E-state index in [0.29, 0.717) is 6.54 Å². The average Bonchev–Trinajstić information content (AvgIpc) is 2.68. The molecule has 0 spiro atoms. The van der Waals surface area contributed by atoms with Crippen LogP contribution in [0.5, 0.6) is 0 Å². The van der Waals surface area contributed by atoms with Crippen LogP contribution >= 0.6 is 0 Å². The molecular weight excluding hydrogens is 228 g/mol. The minimum absolute atomic E-state index is 0.546. The van der Waals surface area contributed by atoms with Gasteiger partial charge >= 0.3 is 0 Å². The van der Waals surface area contributed by atoms with E-state index in [1.165, 1.54) is 0 Å². The van der Waals surface area contributed by atoms with Gasteiger partial charge in [-0.3, -0.25) is 9.88 Å². The van der Waals surface area contributed by atoms with E-state index in [1.807, 2.05) is 13.1 Å². The summed E-state index contributed by atoms with van der Waals surface area (Å²) in [7, 11) is 0. The molecule has 100 valence electrons. The quantitative estimate of drug-likeness (QED) is 0.823. The molecule has 0 aromatic carbocycles. The topological polar surface area (TPSA) is 61.3 Å². The standard InChI is InChI=1S/C13H22N4O/c1-3-5-14-12-8-15-11(7-16-12)9-17-6-4-13(2,18)10-17/h7-8,18H,3-6,9-10H2,1-2H3,(H,14,16). The van der Waals surface area contributed by atoms with Gasteiger partial charge in [0.25, 0.3) is 0 Å². The smallest absolute Gasteiger partial charge is 0.144 e. The molecule has 0 radical (unpaired) electrons. The molecule has 1 aromatic heterocycles. The molecule has 1 fully saturated rings. The molecule has 1 aliphatic heterocycles. The lowest BCUT2D eigenvalue weighted by Crippen LogP contribution is -2.29. The number of hydrogen-bond donors (Lipinski definition) is 2. The highest BCUT2D eigenvalue weighted by molar-refractivity contribution is 5.30. The van der Waals surface area contributed by atoms with E-state index in [0.717, 1.165) is 44.0 Å². The molecule has 2 N–H and O–H groups in total. The van der Waals surface area contributed by atoms with Gasteiger partial charge in [0.1, 0.15) is 5.82 Å². The zero-order valence-corrected chi connectivity index (χ0v) is 11.2. The van der Waals surface area contributed by atoms with E-state index in [-0.39, 0.29) is 0 Å². The first-order chi connectivity index (χ1) is 8.59. The summed E-state index contributed by atoms with van der Waals surface area (Å²) in [4.78, 5) is 10.9. The lowest BCUT2D eigenvalue weighted by Gasteiger charge is -2.18. The Morgan fingerprint density at radius 1 is 1.44 bits per heavy atom. The van der Waals surface area contributed by atoms with Crippen molar-refractivity contribution in [2.45, 2.75) is 38.8 Å². The largest absolute Gasteiger partial charge is 0.389 e. The Labute approximate surface area is 108 Å². The molecule has 1 atom stereocenters. The van der Waals surface area contributed by atoms with Crippen molar-refractivity contribution in [3.8, 4) is 0 Å². The van der Waals surface area contributed by atoms with Gasteiger partial charge < -0.3 is 10.4 Å². The molecule has 0 saturated carbocycles. The van der Waals surface area contributed by atoms with E-state index in [2.05, 4.69) is 27.1 Å². The highest BCUT2D eigenvalue weighted by atomic mass is 16.3. The summed E-state index contributed by atoms with van der Waals surface area (Å²) < 4.78 is 0.